The van der Waals surface area contributed by atoms with Crippen LogP contribution in [0.25, 0.3) is 22.8 Å². The number of phenolic OH excluding ortho intramolecular Hbond substituents is 1. The van der Waals surface area contributed by atoms with Gasteiger partial charge in [-0.05, 0) is 55.0 Å². The van der Waals surface area contributed by atoms with E-state index in [0.29, 0.717) is 29.4 Å². The summed E-state index contributed by atoms with van der Waals surface area (Å²) in [5, 5.41) is 26.9. The molecular formula is C24H24N4O2. The van der Waals surface area contributed by atoms with E-state index in [1.54, 1.807) is 12.1 Å². The average Bonchev–Trinajstić information content (AvgIpc) is 3.43. The molecule has 1 unspecified atom stereocenters. The van der Waals surface area contributed by atoms with Gasteiger partial charge in [-0.3, -0.25) is 0 Å². The molecule has 1 heterocycles. The normalized spacial score (nSPS) is 18.8. The molecular weight excluding hydrogens is 376 g/mol. The van der Waals surface area contributed by atoms with Crippen molar-refractivity contribution < 1.29 is 9.63 Å². The van der Waals surface area contributed by atoms with Crippen LogP contribution in [-0.4, -0.2) is 21.3 Å². The minimum atomic E-state index is -0.0571. The van der Waals surface area contributed by atoms with Gasteiger partial charge in [0.15, 0.2) is 0 Å². The van der Waals surface area contributed by atoms with E-state index in [0.717, 1.165) is 18.4 Å². The minimum Gasteiger partial charge on any atom is -0.507 e. The van der Waals surface area contributed by atoms with Crippen molar-refractivity contribution in [3.8, 4) is 34.7 Å². The Hall–Kier alpha value is -3.17. The molecule has 30 heavy (non-hydrogen) atoms. The number of benzene rings is 2. The van der Waals surface area contributed by atoms with E-state index in [1.165, 1.54) is 49.3 Å². The second-order valence-corrected chi connectivity index (χ2v) is 8.23. The Morgan fingerprint density at radius 1 is 1.10 bits per heavy atom. The highest BCUT2D eigenvalue weighted by atomic mass is 16.5. The molecule has 0 amide bonds. The largest absolute Gasteiger partial charge is 0.507 e. The highest BCUT2D eigenvalue weighted by molar-refractivity contribution is 5.67. The van der Waals surface area contributed by atoms with Gasteiger partial charge >= 0.3 is 0 Å². The third-order valence-electron chi connectivity index (χ3n) is 6.34. The van der Waals surface area contributed by atoms with E-state index < -0.39 is 0 Å². The fourth-order valence-electron chi connectivity index (χ4n) is 4.80. The molecule has 0 radical (unpaired) electrons. The molecule has 1 atom stereocenters. The Kier molecular flexibility index (Phi) is 4.97. The number of nitrogens with one attached hydrogen (secondary N) is 1. The van der Waals surface area contributed by atoms with Crippen molar-refractivity contribution in [1.82, 2.24) is 15.5 Å². The van der Waals surface area contributed by atoms with Crippen LogP contribution in [0.4, 0.5) is 0 Å². The highest BCUT2D eigenvalue weighted by Crippen LogP contribution is 2.38. The van der Waals surface area contributed by atoms with Gasteiger partial charge in [-0.1, -0.05) is 42.6 Å². The number of nitriles is 1. The first-order valence-corrected chi connectivity index (χ1v) is 10.7. The van der Waals surface area contributed by atoms with Crippen LogP contribution in [0.1, 0.15) is 61.3 Å². The van der Waals surface area contributed by atoms with Crippen molar-refractivity contribution in [3.63, 3.8) is 0 Å². The maximum atomic E-state index is 9.72. The predicted octanol–water partition coefficient (Wildman–Crippen LogP) is 4.89. The van der Waals surface area contributed by atoms with Crippen LogP contribution in [0.3, 0.4) is 0 Å². The molecule has 1 saturated carbocycles. The van der Waals surface area contributed by atoms with Crippen LogP contribution < -0.4 is 5.32 Å². The number of rotatable bonds is 4. The summed E-state index contributed by atoms with van der Waals surface area (Å²) in [6, 6.07) is 14.0. The van der Waals surface area contributed by atoms with Gasteiger partial charge in [0.25, 0.3) is 5.89 Å². The number of phenols is 1. The van der Waals surface area contributed by atoms with Gasteiger partial charge in [-0.2, -0.15) is 10.2 Å². The van der Waals surface area contributed by atoms with E-state index in [2.05, 4.69) is 27.6 Å². The van der Waals surface area contributed by atoms with Crippen molar-refractivity contribution in [2.24, 2.45) is 0 Å². The number of fused-ring (bicyclic) bond motifs is 1. The van der Waals surface area contributed by atoms with Crippen molar-refractivity contribution in [1.29, 1.82) is 5.26 Å². The molecule has 0 bridgehead atoms. The molecule has 2 N–H and O–H groups in total. The van der Waals surface area contributed by atoms with Gasteiger partial charge < -0.3 is 14.9 Å². The van der Waals surface area contributed by atoms with Crippen LogP contribution >= 0.6 is 0 Å². The summed E-state index contributed by atoms with van der Waals surface area (Å²) in [5.74, 6) is 0.846. The van der Waals surface area contributed by atoms with Crippen LogP contribution in [0.2, 0.25) is 0 Å². The third kappa shape index (κ3) is 3.46. The maximum Gasteiger partial charge on any atom is 0.258 e. The number of nitrogens with zero attached hydrogens (tertiary/aromatic N) is 3. The predicted molar refractivity (Wildman–Crippen MR) is 113 cm³/mol. The summed E-state index contributed by atoms with van der Waals surface area (Å²) < 4.78 is 5.48. The second-order valence-electron chi connectivity index (χ2n) is 8.23. The Morgan fingerprint density at radius 3 is 2.80 bits per heavy atom. The van der Waals surface area contributed by atoms with E-state index in [1.807, 2.05) is 12.1 Å². The molecule has 152 valence electrons. The fourth-order valence-corrected chi connectivity index (χ4v) is 4.80. The standard InChI is InChI=1S/C24H24N4O2/c25-14-16-13-15(9-12-22(16)29)24-27-23(28-30-24)20-8-4-7-19-18(20)10-11-21(19)26-17-5-2-1-3-6-17/h4,7-9,12-13,17,21,26,29H,1-3,5-6,10-11H2. The first-order valence-electron chi connectivity index (χ1n) is 10.7. The first-order chi connectivity index (χ1) is 14.7. The average molecular weight is 400 g/mol. The Balaban J connectivity index is 1.42. The van der Waals surface area contributed by atoms with Crippen molar-refractivity contribution in [2.75, 3.05) is 0 Å². The van der Waals surface area contributed by atoms with Crippen LogP contribution in [0, 0.1) is 11.3 Å². The zero-order valence-corrected chi connectivity index (χ0v) is 16.8. The summed E-state index contributed by atoms with van der Waals surface area (Å²) in [6.07, 6.45) is 8.66. The molecule has 2 aliphatic rings. The molecule has 0 saturated heterocycles. The SMILES string of the molecule is N#Cc1cc(-c2nc(-c3cccc4c3CCC4NC3CCCCC3)no2)ccc1O. The van der Waals surface area contributed by atoms with Crippen molar-refractivity contribution >= 4 is 0 Å². The van der Waals surface area contributed by atoms with E-state index in [-0.39, 0.29) is 11.3 Å². The number of aromatic hydroxyl groups is 1. The lowest BCUT2D eigenvalue weighted by Crippen LogP contribution is -2.33. The van der Waals surface area contributed by atoms with E-state index in [4.69, 9.17) is 9.78 Å². The van der Waals surface area contributed by atoms with Gasteiger partial charge in [0.1, 0.15) is 11.8 Å². The lowest BCUT2D eigenvalue weighted by Gasteiger charge is -2.27. The van der Waals surface area contributed by atoms with Crippen LogP contribution in [0.5, 0.6) is 5.75 Å². The quantitative estimate of drug-likeness (QED) is 0.647. The van der Waals surface area contributed by atoms with Crippen LogP contribution in [0.15, 0.2) is 40.9 Å². The molecule has 5 rings (SSSR count). The molecule has 3 aromatic rings. The van der Waals surface area contributed by atoms with Gasteiger partial charge in [-0.25, -0.2) is 0 Å². The molecule has 1 fully saturated rings. The summed E-state index contributed by atoms with van der Waals surface area (Å²) in [7, 11) is 0. The van der Waals surface area contributed by atoms with Crippen molar-refractivity contribution in [3.05, 3.63) is 53.1 Å². The fraction of sp³-hybridized carbons (Fsp3) is 0.375. The van der Waals surface area contributed by atoms with E-state index in [9.17, 15) is 5.11 Å². The summed E-state index contributed by atoms with van der Waals surface area (Å²) in [5.41, 5.74) is 4.45. The number of hydrogen-bond acceptors (Lipinski definition) is 6. The molecule has 1 aromatic heterocycles. The van der Waals surface area contributed by atoms with Gasteiger partial charge in [0.05, 0.1) is 5.56 Å². The molecule has 0 aliphatic heterocycles. The van der Waals surface area contributed by atoms with Gasteiger partial charge in [0.2, 0.25) is 5.82 Å². The molecule has 2 aromatic carbocycles. The summed E-state index contributed by atoms with van der Waals surface area (Å²) in [4.78, 5) is 4.58. The van der Waals surface area contributed by atoms with Crippen LogP contribution in [-0.2, 0) is 6.42 Å². The molecule has 2 aliphatic carbocycles. The Labute approximate surface area is 175 Å². The topological polar surface area (TPSA) is 95.0 Å². The highest BCUT2D eigenvalue weighted by Gasteiger charge is 2.28. The second kappa shape index (κ2) is 7.92. The number of hydrogen-bond donors (Lipinski definition) is 2. The molecule has 0 spiro atoms. The zero-order valence-electron chi connectivity index (χ0n) is 16.8. The van der Waals surface area contributed by atoms with Crippen molar-refractivity contribution in [2.45, 2.75) is 57.0 Å². The van der Waals surface area contributed by atoms with E-state index >= 15 is 0 Å². The summed E-state index contributed by atoms with van der Waals surface area (Å²) >= 11 is 0. The van der Waals surface area contributed by atoms with Gasteiger partial charge in [-0.15, -0.1) is 0 Å². The lowest BCUT2D eigenvalue weighted by atomic mass is 9.94. The monoisotopic (exact) mass is 400 g/mol. The Morgan fingerprint density at radius 2 is 1.97 bits per heavy atom. The minimum absolute atomic E-state index is 0.0571. The zero-order chi connectivity index (χ0) is 20.5. The smallest absolute Gasteiger partial charge is 0.258 e. The third-order valence-corrected chi connectivity index (χ3v) is 6.34. The maximum absolute atomic E-state index is 9.72. The van der Waals surface area contributed by atoms with Gasteiger partial charge in [0, 0.05) is 23.2 Å². The summed E-state index contributed by atoms with van der Waals surface area (Å²) in [6.45, 7) is 0. The molecule has 6 nitrogen and oxygen atoms in total. The lowest BCUT2D eigenvalue weighted by molar-refractivity contribution is 0.337. The number of aromatic nitrogens is 2. The first kappa shape index (κ1) is 18.8. The Bertz CT molecular complexity index is 1110. The molecule has 6 heteroatoms.